The fourth-order valence-corrected chi connectivity index (χ4v) is 2.39. The highest BCUT2D eigenvalue weighted by Gasteiger charge is 2.14. The summed E-state index contributed by atoms with van der Waals surface area (Å²) < 4.78 is 2.28. The molecule has 0 aliphatic carbocycles. The van der Waals surface area contributed by atoms with E-state index in [-0.39, 0.29) is 6.61 Å². The summed E-state index contributed by atoms with van der Waals surface area (Å²) in [6, 6.07) is 5.12. The molecule has 1 aromatic carbocycles. The summed E-state index contributed by atoms with van der Waals surface area (Å²) in [5.41, 5.74) is 2.76. The van der Waals surface area contributed by atoms with Crippen molar-refractivity contribution in [2.75, 3.05) is 7.11 Å². The minimum atomic E-state index is -0.392. The second-order valence-electron chi connectivity index (χ2n) is 5.87. The van der Waals surface area contributed by atoms with Crippen molar-refractivity contribution in [2.45, 2.75) is 27.4 Å². The maximum atomic E-state index is 12.1. The first-order valence-corrected chi connectivity index (χ1v) is 8.42. The van der Waals surface area contributed by atoms with Crippen LogP contribution in [0.1, 0.15) is 26.3 Å². The second kappa shape index (κ2) is 9.13. The Hall–Kier alpha value is -2.94. The zero-order chi connectivity index (χ0) is 20.0. The van der Waals surface area contributed by atoms with Crippen molar-refractivity contribution in [3.8, 4) is 5.69 Å². The van der Waals surface area contributed by atoms with Gasteiger partial charge in [-0.25, -0.2) is 4.79 Å². The molecule has 0 atom stereocenters. The topological polar surface area (TPSA) is 95.9 Å². The van der Waals surface area contributed by atoms with E-state index < -0.39 is 5.69 Å². The van der Waals surface area contributed by atoms with Gasteiger partial charge in [0.2, 0.25) is 0 Å². The summed E-state index contributed by atoms with van der Waals surface area (Å²) >= 11 is 6.28. The van der Waals surface area contributed by atoms with Gasteiger partial charge in [0.05, 0.1) is 5.69 Å². The van der Waals surface area contributed by atoms with Crippen LogP contribution in [0.2, 0.25) is 5.02 Å². The van der Waals surface area contributed by atoms with E-state index in [4.69, 9.17) is 21.3 Å². The first-order chi connectivity index (χ1) is 12.8. The zero-order valence-corrected chi connectivity index (χ0v) is 16.6. The number of nitrogens with zero attached hydrogens (tertiary/aromatic N) is 6. The molecule has 0 bridgehead atoms. The Morgan fingerprint density at radius 3 is 2.59 bits per heavy atom. The lowest BCUT2D eigenvalue weighted by Gasteiger charge is -2.09. The Labute approximate surface area is 161 Å². The van der Waals surface area contributed by atoms with Crippen molar-refractivity contribution in [3.05, 3.63) is 50.9 Å². The molecule has 0 fully saturated rings. The molecule has 1 aromatic heterocycles. The van der Waals surface area contributed by atoms with E-state index >= 15 is 0 Å². The SMILES string of the molecule is CON=C(C=C(C)C)C(C)=NOCc1c(Cl)cccc1-n1nnn(C)c1=O. The van der Waals surface area contributed by atoms with Crippen LogP contribution in [0, 0.1) is 0 Å². The zero-order valence-electron chi connectivity index (χ0n) is 15.8. The van der Waals surface area contributed by atoms with Crippen molar-refractivity contribution in [1.29, 1.82) is 0 Å². The van der Waals surface area contributed by atoms with Crippen molar-refractivity contribution in [2.24, 2.45) is 17.4 Å². The number of allylic oxidation sites excluding steroid dienone is 2. The molecule has 10 heteroatoms. The van der Waals surface area contributed by atoms with Crippen LogP contribution < -0.4 is 5.69 Å². The van der Waals surface area contributed by atoms with Gasteiger partial charge < -0.3 is 9.68 Å². The van der Waals surface area contributed by atoms with E-state index in [0.29, 0.717) is 27.7 Å². The molecule has 0 saturated carbocycles. The molecule has 9 nitrogen and oxygen atoms in total. The van der Waals surface area contributed by atoms with Crippen LogP contribution in [0.15, 0.2) is 45.0 Å². The third-order valence-corrected chi connectivity index (χ3v) is 3.79. The molecule has 0 amide bonds. The number of benzene rings is 1. The molecule has 2 rings (SSSR count). The minimum absolute atomic E-state index is 0.0322. The first kappa shape index (κ1) is 20.4. The van der Waals surface area contributed by atoms with Gasteiger partial charge in [0, 0.05) is 17.6 Å². The van der Waals surface area contributed by atoms with Gasteiger partial charge in [-0.3, -0.25) is 0 Å². The maximum absolute atomic E-state index is 12.1. The number of aromatic nitrogens is 4. The molecular formula is C17H21ClN6O3. The molecule has 0 N–H and O–H groups in total. The van der Waals surface area contributed by atoms with Gasteiger partial charge >= 0.3 is 5.69 Å². The van der Waals surface area contributed by atoms with Gasteiger partial charge in [-0.05, 0) is 49.4 Å². The van der Waals surface area contributed by atoms with Crippen LogP contribution >= 0.6 is 11.6 Å². The van der Waals surface area contributed by atoms with Crippen LogP contribution in [0.3, 0.4) is 0 Å². The maximum Gasteiger partial charge on any atom is 0.368 e. The monoisotopic (exact) mass is 392 g/mol. The summed E-state index contributed by atoms with van der Waals surface area (Å²) in [6.45, 7) is 5.66. The van der Waals surface area contributed by atoms with Gasteiger partial charge in [-0.2, -0.15) is 9.36 Å². The molecule has 0 saturated heterocycles. The average Bonchev–Trinajstić information content (AvgIpc) is 2.94. The van der Waals surface area contributed by atoms with Gasteiger partial charge in [0.1, 0.15) is 25.1 Å². The van der Waals surface area contributed by atoms with Gasteiger partial charge in [0.25, 0.3) is 0 Å². The Kier molecular flexibility index (Phi) is 6.89. The molecule has 0 aliphatic heterocycles. The molecule has 144 valence electrons. The number of oxime groups is 2. The van der Waals surface area contributed by atoms with Crippen LogP contribution in [0.4, 0.5) is 0 Å². The number of halogens is 1. The quantitative estimate of drug-likeness (QED) is 0.532. The van der Waals surface area contributed by atoms with E-state index in [0.717, 1.165) is 14.9 Å². The third-order valence-electron chi connectivity index (χ3n) is 3.44. The Bertz CT molecular complexity index is 954. The summed E-state index contributed by atoms with van der Waals surface area (Å²) in [5, 5.41) is 16.0. The summed E-state index contributed by atoms with van der Waals surface area (Å²) in [4.78, 5) is 22.4. The van der Waals surface area contributed by atoms with Gasteiger partial charge in [-0.1, -0.05) is 33.6 Å². The normalized spacial score (nSPS) is 12.1. The standard InChI is InChI=1S/C17H21ClN6O3/c1-11(2)9-15(20-26-5)12(3)19-27-10-13-14(18)7-6-8-16(13)24-17(25)23(4)21-22-24/h6-9H,10H2,1-5H3. The van der Waals surface area contributed by atoms with Crippen LogP contribution in [0.5, 0.6) is 0 Å². The molecule has 1 heterocycles. The van der Waals surface area contributed by atoms with E-state index in [2.05, 4.69) is 20.7 Å². The third kappa shape index (κ3) is 5.04. The first-order valence-electron chi connectivity index (χ1n) is 8.05. The molecule has 0 aliphatic rings. The average molecular weight is 393 g/mol. The molecule has 2 aromatic rings. The highest BCUT2D eigenvalue weighted by Crippen LogP contribution is 2.23. The predicted molar refractivity (Wildman–Crippen MR) is 103 cm³/mol. The Balaban J connectivity index is 2.28. The molecule has 0 unspecified atom stereocenters. The van der Waals surface area contributed by atoms with Gasteiger partial charge in [-0.15, -0.1) is 0 Å². The molecule has 0 radical (unpaired) electrons. The highest BCUT2D eigenvalue weighted by molar-refractivity contribution is 6.45. The number of rotatable bonds is 7. The minimum Gasteiger partial charge on any atom is -0.399 e. The number of tetrazole rings is 1. The second-order valence-corrected chi connectivity index (χ2v) is 6.27. The number of hydrogen-bond donors (Lipinski definition) is 0. The predicted octanol–water partition coefficient (Wildman–Crippen LogP) is 2.48. The van der Waals surface area contributed by atoms with Crippen LogP contribution in [0.25, 0.3) is 5.69 Å². The molecular weight excluding hydrogens is 372 g/mol. The van der Waals surface area contributed by atoms with Crippen LogP contribution in [-0.2, 0) is 23.3 Å². The van der Waals surface area contributed by atoms with Crippen molar-refractivity contribution < 1.29 is 9.68 Å². The van der Waals surface area contributed by atoms with E-state index in [1.807, 2.05) is 19.9 Å². The summed E-state index contributed by atoms with van der Waals surface area (Å²) in [6.07, 6.45) is 1.83. The highest BCUT2D eigenvalue weighted by atomic mass is 35.5. The Morgan fingerprint density at radius 2 is 2.00 bits per heavy atom. The van der Waals surface area contributed by atoms with Crippen molar-refractivity contribution >= 4 is 23.0 Å². The van der Waals surface area contributed by atoms with E-state index in [1.165, 1.54) is 14.2 Å². The lowest BCUT2D eigenvalue weighted by molar-refractivity contribution is 0.130. The fourth-order valence-electron chi connectivity index (χ4n) is 2.16. The smallest absolute Gasteiger partial charge is 0.368 e. The van der Waals surface area contributed by atoms with E-state index in [1.54, 1.807) is 25.1 Å². The lowest BCUT2D eigenvalue weighted by Crippen LogP contribution is -2.23. The Morgan fingerprint density at radius 1 is 1.26 bits per heavy atom. The van der Waals surface area contributed by atoms with Crippen molar-refractivity contribution in [1.82, 2.24) is 19.8 Å². The van der Waals surface area contributed by atoms with Gasteiger partial charge in [0.15, 0.2) is 0 Å². The van der Waals surface area contributed by atoms with Crippen molar-refractivity contribution in [3.63, 3.8) is 0 Å². The number of hydrogen-bond acceptors (Lipinski definition) is 7. The van der Waals surface area contributed by atoms with Crippen LogP contribution in [-0.4, -0.2) is 38.3 Å². The fraction of sp³-hybridized carbons (Fsp3) is 0.353. The molecule has 0 spiro atoms. The molecule has 27 heavy (non-hydrogen) atoms. The lowest BCUT2D eigenvalue weighted by atomic mass is 10.2. The summed E-state index contributed by atoms with van der Waals surface area (Å²) in [7, 11) is 2.97. The number of aryl methyl sites for hydroxylation is 1. The summed E-state index contributed by atoms with van der Waals surface area (Å²) in [5.74, 6) is 0. The largest absolute Gasteiger partial charge is 0.399 e. The van der Waals surface area contributed by atoms with E-state index in [9.17, 15) is 4.79 Å².